The van der Waals surface area contributed by atoms with Crippen molar-refractivity contribution in [1.29, 1.82) is 0 Å². The predicted molar refractivity (Wildman–Crippen MR) is 81.0 cm³/mol. The minimum Gasteiger partial charge on any atom is -0.488 e. The van der Waals surface area contributed by atoms with Crippen molar-refractivity contribution in [2.24, 2.45) is 0 Å². The van der Waals surface area contributed by atoms with Gasteiger partial charge in [0, 0.05) is 10.0 Å². The van der Waals surface area contributed by atoms with Gasteiger partial charge in [0.2, 0.25) is 0 Å². The van der Waals surface area contributed by atoms with Gasteiger partial charge in [0.25, 0.3) is 5.69 Å². The first-order valence-corrected chi connectivity index (χ1v) is 6.99. The molecule has 110 valence electrons. The summed E-state index contributed by atoms with van der Waals surface area (Å²) in [4.78, 5) is 10.5. The SMILES string of the molecule is Cc1cc(C)c([N+](=O)[O-])cc1OCc1cc(F)cc(Br)c1. The highest BCUT2D eigenvalue weighted by Crippen LogP contribution is 2.29. The molecule has 0 aromatic heterocycles. The van der Waals surface area contributed by atoms with Gasteiger partial charge in [0.15, 0.2) is 0 Å². The smallest absolute Gasteiger partial charge is 0.276 e. The Balaban J connectivity index is 2.23. The summed E-state index contributed by atoms with van der Waals surface area (Å²) in [7, 11) is 0. The molecule has 0 saturated carbocycles. The van der Waals surface area contributed by atoms with Crippen LogP contribution in [0.25, 0.3) is 0 Å². The minimum atomic E-state index is -0.444. The van der Waals surface area contributed by atoms with Crippen LogP contribution in [-0.4, -0.2) is 4.92 Å². The van der Waals surface area contributed by atoms with Crippen LogP contribution < -0.4 is 4.74 Å². The van der Waals surface area contributed by atoms with Crippen LogP contribution in [0.4, 0.5) is 10.1 Å². The topological polar surface area (TPSA) is 52.4 Å². The van der Waals surface area contributed by atoms with Gasteiger partial charge in [-0.15, -0.1) is 0 Å². The number of hydrogen-bond acceptors (Lipinski definition) is 3. The van der Waals surface area contributed by atoms with Gasteiger partial charge >= 0.3 is 0 Å². The summed E-state index contributed by atoms with van der Waals surface area (Å²) >= 11 is 3.21. The Hall–Kier alpha value is -1.95. The fourth-order valence-electron chi connectivity index (χ4n) is 2.03. The molecule has 21 heavy (non-hydrogen) atoms. The van der Waals surface area contributed by atoms with Gasteiger partial charge in [-0.25, -0.2) is 4.39 Å². The zero-order valence-corrected chi connectivity index (χ0v) is 13.1. The van der Waals surface area contributed by atoms with E-state index in [9.17, 15) is 14.5 Å². The summed E-state index contributed by atoms with van der Waals surface area (Å²) in [5, 5.41) is 10.9. The molecule has 0 bridgehead atoms. The lowest BCUT2D eigenvalue weighted by Gasteiger charge is -2.10. The average molecular weight is 354 g/mol. The Labute approximate surface area is 129 Å². The van der Waals surface area contributed by atoms with E-state index < -0.39 is 4.92 Å². The van der Waals surface area contributed by atoms with Gasteiger partial charge in [-0.05, 0) is 49.2 Å². The molecule has 0 aliphatic heterocycles. The number of rotatable bonds is 4. The monoisotopic (exact) mass is 353 g/mol. The summed E-state index contributed by atoms with van der Waals surface area (Å²) in [6, 6.07) is 7.56. The van der Waals surface area contributed by atoms with Crippen molar-refractivity contribution in [3.63, 3.8) is 0 Å². The molecular weight excluding hydrogens is 341 g/mol. The summed E-state index contributed by atoms with van der Waals surface area (Å²) < 4.78 is 19.5. The quantitative estimate of drug-likeness (QED) is 0.591. The van der Waals surface area contributed by atoms with Gasteiger partial charge in [-0.1, -0.05) is 15.9 Å². The van der Waals surface area contributed by atoms with Crippen LogP contribution >= 0.6 is 15.9 Å². The maximum absolute atomic E-state index is 13.3. The van der Waals surface area contributed by atoms with E-state index in [1.807, 2.05) is 6.92 Å². The van der Waals surface area contributed by atoms with E-state index >= 15 is 0 Å². The van der Waals surface area contributed by atoms with Crippen LogP contribution in [0.3, 0.4) is 0 Å². The molecule has 4 nitrogen and oxygen atoms in total. The number of halogens is 2. The average Bonchev–Trinajstić information content (AvgIpc) is 2.36. The summed E-state index contributed by atoms with van der Waals surface area (Å²) in [5.41, 5.74) is 2.03. The van der Waals surface area contributed by atoms with Crippen LogP contribution in [0.15, 0.2) is 34.8 Å². The van der Waals surface area contributed by atoms with E-state index in [-0.39, 0.29) is 18.1 Å². The molecule has 0 spiro atoms. The molecular formula is C15H13BrFNO3. The number of nitrogens with zero attached hydrogens (tertiary/aromatic N) is 1. The molecule has 2 aromatic carbocycles. The summed E-state index contributed by atoms with van der Waals surface area (Å²) in [6.07, 6.45) is 0. The Morgan fingerprint density at radius 2 is 1.90 bits per heavy atom. The molecule has 0 aliphatic rings. The maximum Gasteiger partial charge on any atom is 0.276 e. The molecule has 0 heterocycles. The third kappa shape index (κ3) is 3.78. The standard InChI is InChI=1S/C15H13BrFNO3/c1-9-3-10(2)15(7-14(9)18(19)20)21-8-11-4-12(16)6-13(17)5-11/h3-7H,8H2,1-2H3. The van der Waals surface area contributed by atoms with Crippen LogP contribution in [0.1, 0.15) is 16.7 Å². The molecule has 0 unspecified atom stereocenters. The van der Waals surface area contributed by atoms with Crippen LogP contribution in [0.2, 0.25) is 0 Å². The molecule has 2 aromatic rings. The van der Waals surface area contributed by atoms with Gasteiger partial charge in [0.05, 0.1) is 11.0 Å². The van der Waals surface area contributed by atoms with Crippen molar-refractivity contribution in [1.82, 2.24) is 0 Å². The van der Waals surface area contributed by atoms with Gasteiger partial charge in [-0.3, -0.25) is 10.1 Å². The van der Waals surface area contributed by atoms with E-state index in [1.165, 1.54) is 18.2 Å². The number of ether oxygens (including phenoxy) is 1. The Bertz CT molecular complexity index is 683. The Morgan fingerprint density at radius 1 is 1.19 bits per heavy atom. The van der Waals surface area contributed by atoms with Crippen molar-refractivity contribution in [2.75, 3.05) is 0 Å². The third-order valence-electron chi connectivity index (χ3n) is 3.01. The second-order valence-corrected chi connectivity index (χ2v) is 5.64. The highest BCUT2D eigenvalue weighted by Gasteiger charge is 2.14. The maximum atomic E-state index is 13.3. The van der Waals surface area contributed by atoms with E-state index in [0.29, 0.717) is 21.3 Å². The fraction of sp³-hybridized carbons (Fsp3) is 0.200. The van der Waals surface area contributed by atoms with Gasteiger partial charge < -0.3 is 4.74 Å². The summed E-state index contributed by atoms with van der Waals surface area (Å²) in [5.74, 6) is 0.0577. The predicted octanol–water partition coefficient (Wildman–Crippen LogP) is 4.69. The first-order chi connectivity index (χ1) is 9.86. The molecule has 2 rings (SSSR count). The van der Waals surface area contributed by atoms with Crippen molar-refractivity contribution in [3.05, 3.63) is 67.4 Å². The minimum absolute atomic E-state index is 0.0102. The van der Waals surface area contributed by atoms with E-state index in [4.69, 9.17) is 4.74 Å². The van der Waals surface area contributed by atoms with E-state index in [2.05, 4.69) is 15.9 Å². The first-order valence-electron chi connectivity index (χ1n) is 6.20. The zero-order valence-electron chi connectivity index (χ0n) is 11.5. The third-order valence-corrected chi connectivity index (χ3v) is 3.46. The van der Waals surface area contributed by atoms with Crippen molar-refractivity contribution < 1.29 is 14.1 Å². The molecule has 0 saturated heterocycles. The lowest BCUT2D eigenvalue weighted by atomic mass is 10.1. The molecule has 0 radical (unpaired) electrons. The van der Waals surface area contributed by atoms with Gasteiger partial charge in [0.1, 0.15) is 18.2 Å². The Kier molecular flexibility index (Phi) is 4.57. The molecule has 0 aliphatic carbocycles. The van der Waals surface area contributed by atoms with Crippen LogP contribution in [-0.2, 0) is 6.61 Å². The molecule has 0 N–H and O–H groups in total. The number of aryl methyl sites for hydroxylation is 2. The van der Waals surface area contributed by atoms with E-state index in [1.54, 1.807) is 19.1 Å². The number of benzene rings is 2. The lowest BCUT2D eigenvalue weighted by molar-refractivity contribution is -0.385. The van der Waals surface area contributed by atoms with E-state index in [0.717, 1.165) is 5.56 Å². The van der Waals surface area contributed by atoms with Crippen molar-refractivity contribution >= 4 is 21.6 Å². The number of nitro benzene ring substituents is 1. The molecule has 0 atom stereocenters. The van der Waals surface area contributed by atoms with Crippen molar-refractivity contribution in [2.45, 2.75) is 20.5 Å². The van der Waals surface area contributed by atoms with Gasteiger partial charge in [-0.2, -0.15) is 0 Å². The first kappa shape index (κ1) is 15.4. The second kappa shape index (κ2) is 6.22. The fourth-order valence-corrected chi connectivity index (χ4v) is 2.54. The molecule has 0 amide bonds. The molecule has 6 heteroatoms. The largest absolute Gasteiger partial charge is 0.488 e. The highest BCUT2D eigenvalue weighted by molar-refractivity contribution is 9.10. The van der Waals surface area contributed by atoms with Crippen molar-refractivity contribution in [3.8, 4) is 5.75 Å². The highest BCUT2D eigenvalue weighted by atomic mass is 79.9. The number of hydrogen-bond donors (Lipinski definition) is 0. The Morgan fingerprint density at radius 3 is 2.52 bits per heavy atom. The van der Waals surface area contributed by atoms with Crippen LogP contribution in [0, 0.1) is 29.8 Å². The number of nitro groups is 1. The summed E-state index contributed by atoms with van der Waals surface area (Å²) in [6.45, 7) is 3.63. The lowest BCUT2D eigenvalue weighted by Crippen LogP contribution is -2.00. The zero-order chi connectivity index (χ0) is 15.6. The second-order valence-electron chi connectivity index (χ2n) is 4.73. The molecule has 0 fully saturated rings. The normalized spacial score (nSPS) is 10.5. The van der Waals surface area contributed by atoms with Crippen LogP contribution in [0.5, 0.6) is 5.75 Å².